The van der Waals surface area contributed by atoms with Crippen LogP contribution in [0.25, 0.3) is 10.9 Å². The van der Waals surface area contributed by atoms with Crippen molar-refractivity contribution in [2.75, 3.05) is 11.1 Å². The van der Waals surface area contributed by atoms with Gasteiger partial charge in [0.1, 0.15) is 0 Å². The van der Waals surface area contributed by atoms with Gasteiger partial charge >= 0.3 is 0 Å². The van der Waals surface area contributed by atoms with Crippen molar-refractivity contribution in [2.24, 2.45) is 0 Å². The highest BCUT2D eigenvalue weighted by atomic mass is 79.9. The zero-order valence-corrected chi connectivity index (χ0v) is 12.9. The number of nitrogens with one attached hydrogen (secondary N) is 2. The average molecular weight is 345 g/mol. The average Bonchev–Trinajstić information content (AvgIpc) is 2.85. The minimum absolute atomic E-state index is 0.279. The quantitative estimate of drug-likeness (QED) is 0.622. The molecule has 4 N–H and O–H groups in total. The van der Waals surface area contributed by atoms with Crippen LogP contribution in [-0.4, -0.2) is 16.1 Å². The highest BCUT2D eigenvalue weighted by Crippen LogP contribution is 2.25. The summed E-state index contributed by atoms with van der Waals surface area (Å²) in [6.45, 7) is 1.97. The summed E-state index contributed by atoms with van der Waals surface area (Å²) in [5, 5.41) is 10.5. The van der Waals surface area contributed by atoms with Crippen molar-refractivity contribution in [3.8, 4) is 0 Å². The largest absolute Gasteiger partial charge is 0.399 e. The molecule has 1 heterocycles. The number of benzene rings is 2. The molecule has 0 saturated heterocycles. The molecule has 3 rings (SSSR count). The first-order chi connectivity index (χ1) is 10.0. The Hall–Kier alpha value is -2.34. The molecule has 6 heteroatoms. The first-order valence-corrected chi connectivity index (χ1v) is 7.15. The number of nitrogens with two attached hydrogens (primary N) is 1. The second-order valence-corrected chi connectivity index (χ2v) is 5.67. The van der Waals surface area contributed by atoms with Crippen LogP contribution in [0.4, 0.5) is 11.4 Å². The first-order valence-electron chi connectivity index (χ1n) is 6.36. The lowest BCUT2D eigenvalue weighted by molar-refractivity contribution is 0.102. The number of nitrogen functional groups attached to an aromatic ring is 1. The molecule has 3 aromatic rings. The standard InChI is InChI=1S/C15H13BrN4O/c1-8-2-4-11(16)13(6-8)18-15(21)14-10-7-9(17)3-5-12(10)19-20-14/h2-7H,17H2,1H3,(H,18,21)(H,19,20). The molecule has 0 aliphatic heterocycles. The number of nitrogens with zero attached hydrogens (tertiary/aromatic N) is 1. The number of anilines is 2. The lowest BCUT2D eigenvalue weighted by atomic mass is 10.1. The number of carbonyl (C=O) groups excluding carboxylic acids is 1. The van der Waals surface area contributed by atoms with Gasteiger partial charge < -0.3 is 11.1 Å². The van der Waals surface area contributed by atoms with Crippen LogP contribution < -0.4 is 11.1 Å². The number of rotatable bonds is 2. The van der Waals surface area contributed by atoms with Crippen LogP contribution in [0.15, 0.2) is 40.9 Å². The van der Waals surface area contributed by atoms with Crippen molar-refractivity contribution in [1.29, 1.82) is 0 Å². The fourth-order valence-corrected chi connectivity index (χ4v) is 2.47. The monoisotopic (exact) mass is 344 g/mol. The SMILES string of the molecule is Cc1ccc(Br)c(NC(=O)c2n[nH]c3ccc(N)cc23)c1. The van der Waals surface area contributed by atoms with Crippen molar-refractivity contribution >= 4 is 44.1 Å². The summed E-state index contributed by atoms with van der Waals surface area (Å²) in [6, 6.07) is 11.1. The van der Waals surface area contributed by atoms with E-state index in [9.17, 15) is 4.79 Å². The Morgan fingerprint density at radius 2 is 2.10 bits per heavy atom. The van der Waals surface area contributed by atoms with E-state index in [0.29, 0.717) is 22.5 Å². The van der Waals surface area contributed by atoms with Crippen molar-refractivity contribution in [2.45, 2.75) is 6.92 Å². The van der Waals surface area contributed by atoms with E-state index in [0.717, 1.165) is 15.6 Å². The molecule has 0 fully saturated rings. The Kier molecular flexibility index (Phi) is 3.39. The molecule has 0 spiro atoms. The van der Waals surface area contributed by atoms with E-state index in [2.05, 4.69) is 31.4 Å². The van der Waals surface area contributed by atoms with Gasteiger partial charge in [0.05, 0.1) is 11.2 Å². The molecule has 0 aliphatic rings. The van der Waals surface area contributed by atoms with Crippen molar-refractivity contribution < 1.29 is 4.79 Å². The molecule has 106 valence electrons. The second kappa shape index (κ2) is 5.21. The van der Waals surface area contributed by atoms with Crippen LogP contribution in [0, 0.1) is 6.92 Å². The Morgan fingerprint density at radius 1 is 1.29 bits per heavy atom. The van der Waals surface area contributed by atoms with Gasteiger partial charge in [-0.15, -0.1) is 0 Å². The lowest BCUT2D eigenvalue weighted by Crippen LogP contribution is -2.13. The maximum atomic E-state index is 12.4. The summed E-state index contributed by atoms with van der Waals surface area (Å²) in [4.78, 5) is 12.4. The van der Waals surface area contributed by atoms with Crippen molar-refractivity contribution in [3.05, 3.63) is 52.1 Å². The van der Waals surface area contributed by atoms with Gasteiger partial charge in [0.2, 0.25) is 0 Å². The third-order valence-electron chi connectivity index (χ3n) is 3.17. The number of aryl methyl sites for hydroxylation is 1. The molecule has 2 aromatic carbocycles. The maximum Gasteiger partial charge on any atom is 0.276 e. The van der Waals surface area contributed by atoms with Gasteiger partial charge in [-0.3, -0.25) is 9.89 Å². The number of halogens is 1. The summed E-state index contributed by atoms with van der Waals surface area (Å²) in [5.41, 5.74) is 9.23. The number of amides is 1. The van der Waals surface area contributed by atoms with E-state index in [1.54, 1.807) is 18.2 Å². The molecule has 0 saturated carbocycles. The van der Waals surface area contributed by atoms with Crippen LogP contribution in [0.5, 0.6) is 0 Å². The second-order valence-electron chi connectivity index (χ2n) is 4.81. The predicted molar refractivity (Wildman–Crippen MR) is 87.3 cm³/mol. The normalized spacial score (nSPS) is 10.8. The number of carbonyl (C=O) groups is 1. The smallest absolute Gasteiger partial charge is 0.276 e. The summed E-state index contributed by atoms with van der Waals surface area (Å²) < 4.78 is 0.820. The molecule has 0 unspecified atom stereocenters. The van der Waals surface area contributed by atoms with Crippen molar-refractivity contribution in [1.82, 2.24) is 10.2 Å². The van der Waals surface area contributed by atoms with Crippen LogP contribution in [0.3, 0.4) is 0 Å². The molecule has 0 atom stereocenters. The van der Waals surface area contributed by atoms with E-state index < -0.39 is 0 Å². The number of hydrogen-bond acceptors (Lipinski definition) is 3. The molecule has 0 bridgehead atoms. The minimum atomic E-state index is -0.279. The number of fused-ring (bicyclic) bond motifs is 1. The first kappa shape index (κ1) is 13.6. The predicted octanol–water partition coefficient (Wildman–Crippen LogP) is 3.47. The van der Waals surface area contributed by atoms with Gasteiger partial charge in [-0.2, -0.15) is 5.10 Å². The number of hydrogen-bond donors (Lipinski definition) is 3. The van der Waals surface area contributed by atoms with Gasteiger partial charge in [0.15, 0.2) is 5.69 Å². The van der Waals surface area contributed by atoms with Crippen LogP contribution in [0.1, 0.15) is 16.1 Å². The van der Waals surface area contributed by atoms with Crippen molar-refractivity contribution in [3.63, 3.8) is 0 Å². The van der Waals surface area contributed by atoms with E-state index in [-0.39, 0.29) is 5.91 Å². The number of H-pyrrole nitrogens is 1. The summed E-state index contributed by atoms with van der Waals surface area (Å²) >= 11 is 3.42. The molecular formula is C15H13BrN4O. The molecule has 0 aliphatic carbocycles. The van der Waals surface area contributed by atoms with Gasteiger partial charge in [0, 0.05) is 15.5 Å². The Balaban J connectivity index is 1.97. The Labute approximate surface area is 129 Å². The fraction of sp³-hybridized carbons (Fsp3) is 0.0667. The third-order valence-corrected chi connectivity index (χ3v) is 3.86. The molecule has 0 radical (unpaired) electrons. The maximum absolute atomic E-state index is 12.4. The number of aromatic nitrogens is 2. The highest BCUT2D eigenvalue weighted by Gasteiger charge is 2.15. The third kappa shape index (κ3) is 2.62. The summed E-state index contributed by atoms with van der Waals surface area (Å²) in [6.07, 6.45) is 0. The topological polar surface area (TPSA) is 83.8 Å². The highest BCUT2D eigenvalue weighted by molar-refractivity contribution is 9.10. The zero-order valence-electron chi connectivity index (χ0n) is 11.3. The molecule has 21 heavy (non-hydrogen) atoms. The van der Waals surface area contributed by atoms with Gasteiger partial charge in [0.25, 0.3) is 5.91 Å². The van der Waals surface area contributed by atoms with E-state index >= 15 is 0 Å². The molecule has 5 nitrogen and oxygen atoms in total. The lowest BCUT2D eigenvalue weighted by Gasteiger charge is -2.07. The van der Waals surface area contributed by atoms with Gasteiger partial charge in [-0.1, -0.05) is 6.07 Å². The molecule has 1 amide bonds. The van der Waals surface area contributed by atoms with Crippen LogP contribution >= 0.6 is 15.9 Å². The molecule has 1 aromatic heterocycles. The Morgan fingerprint density at radius 3 is 2.90 bits per heavy atom. The van der Waals surface area contributed by atoms with Crippen LogP contribution in [0.2, 0.25) is 0 Å². The fourth-order valence-electron chi connectivity index (χ4n) is 2.12. The number of aromatic amines is 1. The molecular weight excluding hydrogens is 332 g/mol. The summed E-state index contributed by atoms with van der Waals surface area (Å²) in [5.74, 6) is -0.279. The van der Waals surface area contributed by atoms with Gasteiger partial charge in [-0.05, 0) is 58.7 Å². The summed E-state index contributed by atoms with van der Waals surface area (Å²) in [7, 11) is 0. The van der Waals surface area contributed by atoms with E-state index in [1.807, 2.05) is 25.1 Å². The zero-order chi connectivity index (χ0) is 15.0. The van der Waals surface area contributed by atoms with E-state index in [4.69, 9.17) is 5.73 Å². The van der Waals surface area contributed by atoms with Crippen LogP contribution in [-0.2, 0) is 0 Å². The minimum Gasteiger partial charge on any atom is -0.399 e. The van der Waals surface area contributed by atoms with Gasteiger partial charge in [-0.25, -0.2) is 0 Å². The van der Waals surface area contributed by atoms with E-state index in [1.165, 1.54) is 0 Å². The Bertz CT molecular complexity index is 841.